The van der Waals surface area contributed by atoms with Gasteiger partial charge in [0.1, 0.15) is 5.60 Å². The maximum atomic E-state index is 13.2. The lowest BCUT2D eigenvalue weighted by Crippen LogP contribution is -2.36. The molecule has 0 aromatic carbocycles. The summed E-state index contributed by atoms with van der Waals surface area (Å²) in [4.78, 5) is 0. The van der Waals surface area contributed by atoms with Gasteiger partial charge in [0.15, 0.2) is 0 Å². The molecule has 0 rings (SSSR count). The summed E-state index contributed by atoms with van der Waals surface area (Å²) >= 11 is 0. The predicted molar refractivity (Wildman–Crippen MR) is 85.0 cm³/mol. The lowest BCUT2D eigenvalue weighted by atomic mass is 9.75. The van der Waals surface area contributed by atoms with Gasteiger partial charge in [-0.15, -0.1) is 0 Å². The van der Waals surface area contributed by atoms with Crippen molar-refractivity contribution in [2.24, 2.45) is 5.92 Å². The van der Waals surface area contributed by atoms with Crippen LogP contribution in [0.5, 0.6) is 0 Å². The Hall–Kier alpha value is -0.0400. The first-order chi connectivity index (χ1) is 9.14. The Balaban J connectivity index is 4.46. The summed E-state index contributed by atoms with van der Waals surface area (Å²) in [7, 11) is 0. The molecule has 0 saturated heterocycles. The SMILES string of the molecule is CCCCCCC(CCCC)C([O])(CCC)CCC. The van der Waals surface area contributed by atoms with Gasteiger partial charge in [0, 0.05) is 0 Å². The minimum absolute atomic E-state index is 0.421. The van der Waals surface area contributed by atoms with Gasteiger partial charge in [-0.2, -0.15) is 0 Å². The van der Waals surface area contributed by atoms with E-state index in [9.17, 15) is 5.11 Å². The zero-order chi connectivity index (χ0) is 14.6. The summed E-state index contributed by atoms with van der Waals surface area (Å²) in [6.45, 7) is 8.81. The van der Waals surface area contributed by atoms with Crippen LogP contribution in [0.3, 0.4) is 0 Å². The molecule has 0 saturated carbocycles. The third-order valence-electron chi connectivity index (χ3n) is 4.40. The number of unbranched alkanes of at least 4 members (excludes halogenated alkanes) is 4. The molecule has 0 spiro atoms. The maximum absolute atomic E-state index is 13.2. The molecule has 1 atom stereocenters. The summed E-state index contributed by atoms with van der Waals surface area (Å²) in [5, 5.41) is 13.2. The molecule has 1 heteroatoms. The van der Waals surface area contributed by atoms with Crippen LogP contribution < -0.4 is 0 Å². The Morgan fingerprint density at radius 2 is 1.21 bits per heavy atom. The second-order valence-corrected chi connectivity index (χ2v) is 6.25. The summed E-state index contributed by atoms with van der Waals surface area (Å²) in [6.07, 6.45) is 13.8. The van der Waals surface area contributed by atoms with E-state index in [0.717, 1.165) is 32.1 Å². The molecule has 0 amide bonds. The van der Waals surface area contributed by atoms with E-state index in [1.807, 2.05) is 0 Å². The van der Waals surface area contributed by atoms with Gasteiger partial charge in [-0.25, -0.2) is 5.11 Å². The second kappa shape index (κ2) is 11.8. The molecular formula is C18H37O. The van der Waals surface area contributed by atoms with Crippen LogP contribution in [0.2, 0.25) is 0 Å². The molecule has 0 aliphatic carbocycles. The van der Waals surface area contributed by atoms with Crippen molar-refractivity contribution in [2.75, 3.05) is 0 Å². The molecule has 0 bridgehead atoms. The lowest BCUT2D eigenvalue weighted by Gasteiger charge is -2.34. The zero-order valence-electron chi connectivity index (χ0n) is 14.0. The summed E-state index contributed by atoms with van der Waals surface area (Å²) in [5.74, 6) is 0.421. The number of rotatable bonds is 13. The summed E-state index contributed by atoms with van der Waals surface area (Å²) in [6, 6.07) is 0. The highest BCUT2D eigenvalue weighted by Crippen LogP contribution is 2.36. The van der Waals surface area contributed by atoms with Crippen molar-refractivity contribution >= 4 is 0 Å². The van der Waals surface area contributed by atoms with Crippen LogP contribution in [0.25, 0.3) is 0 Å². The fourth-order valence-electron chi connectivity index (χ4n) is 3.32. The van der Waals surface area contributed by atoms with Gasteiger partial charge in [-0.1, -0.05) is 79.1 Å². The van der Waals surface area contributed by atoms with E-state index >= 15 is 0 Å². The first kappa shape index (κ1) is 19.0. The highest BCUT2D eigenvalue weighted by molar-refractivity contribution is 4.85. The van der Waals surface area contributed by atoms with E-state index in [2.05, 4.69) is 27.7 Å². The average molecular weight is 269 g/mol. The second-order valence-electron chi connectivity index (χ2n) is 6.25. The van der Waals surface area contributed by atoms with Crippen molar-refractivity contribution in [3.8, 4) is 0 Å². The Morgan fingerprint density at radius 3 is 1.68 bits per heavy atom. The average Bonchev–Trinajstić information content (AvgIpc) is 2.38. The molecule has 0 fully saturated rings. The molecule has 115 valence electrons. The van der Waals surface area contributed by atoms with Crippen molar-refractivity contribution in [3.05, 3.63) is 0 Å². The van der Waals surface area contributed by atoms with Gasteiger partial charge >= 0.3 is 0 Å². The van der Waals surface area contributed by atoms with E-state index in [4.69, 9.17) is 0 Å². The molecule has 0 aromatic rings. The highest BCUT2D eigenvalue weighted by Gasteiger charge is 2.35. The van der Waals surface area contributed by atoms with Crippen LogP contribution in [0, 0.1) is 5.92 Å². The zero-order valence-corrected chi connectivity index (χ0v) is 14.0. The smallest absolute Gasteiger partial charge is 0.106 e. The van der Waals surface area contributed by atoms with Crippen molar-refractivity contribution < 1.29 is 5.11 Å². The molecule has 1 unspecified atom stereocenters. The van der Waals surface area contributed by atoms with Gasteiger partial charge in [0.2, 0.25) is 0 Å². The Labute approximate surface area is 122 Å². The van der Waals surface area contributed by atoms with Gasteiger partial charge in [-0.3, -0.25) is 0 Å². The van der Waals surface area contributed by atoms with Crippen LogP contribution in [0.15, 0.2) is 0 Å². The topological polar surface area (TPSA) is 19.9 Å². The third-order valence-corrected chi connectivity index (χ3v) is 4.40. The van der Waals surface area contributed by atoms with Crippen LogP contribution in [-0.2, 0) is 5.11 Å². The normalized spacial score (nSPS) is 13.7. The molecule has 19 heavy (non-hydrogen) atoms. The highest BCUT2D eigenvalue weighted by atomic mass is 16.3. The number of hydrogen-bond donors (Lipinski definition) is 0. The van der Waals surface area contributed by atoms with Gasteiger partial charge in [0.05, 0.1) is 0 Å². The summed E-state index contributed by atoms with van der Waals surface area (Å²) in [5.41, 5.74) is -0.634. The van der Waals surface area contributed by atoms with Crippen LogP contribution in [0.1, 0.15) is 105 Å². The van der Waals surface area contributed by atoms with Crippen LogP contribution in [0.4, 0.5) is 0 Å². The molecule has 0 aromatic heterocycles. The van der Waals surface area contributed by atoms with Crippen LogP contribution >= 0.6 is 0 Å². The quantitative estimate of drug-likeness (QED) is 0.339. The van der Waals surface area contributed by atoms with E-state index in [-0.39, 0.29) is 0 Å². The van der Waals surface area contributed by atoms with Crippen molar-refractivity contribution in [1.29, 1.82) is 0 Å². The van der Waals surface area contributed by atoms with Crippen molar-refractivity contribution in [2.45, 2.75) is 110 Å². The fraction of sp³-hybridized carbons (Fsp3) is 1.00. The monoisotopic (exact) mass is 269 g/mol. The fourth-order valence-corrected chi connectivity index (χ4v) is 3.32. The van der Waals surface area contributed by atoms with Crippen LogP contribution in [-0.4, -0.2) is 5.60 Å². The molecule has 0 aliphatic heterocycles. The Kier molecular flexibility index (Phi) is 11.7. The molecular weight excluding hydrogens is 232 g/mol. The minimum Gasteiger partial charge on any atom is -0.229 e. The van der Waals surface area contributed by atoms with Gasteiger partial charge < -0.3 is 0 Å². The largest absolute Gasteiger partial charge is 0.229 e. The molecule has 1 radical (unpaired) electrons. The van der Waals surface area contributed by atoms with E-state index in [0.29, 0.717) is 5.92 Å². The van der Waals surface area contributed by atoms with E-state index in [1.165, 1.54) is 44.9 Å². The molecule has 1 nitrogen and oxygen atoms in total. The molecule has 0 heterocycles. The molecule has 0 N–H and O–H groups in total. The maximum Gasteiger partial charge on any atom is 0.106 e. The van der Waals surface area contributed by atoms with Crippen molar-refractivity contribution in [1.82, 2.24) is 0 Å². The van der Waals surface area contributed by atoms with E-state index < -0.39 is 5.60 Å². The first-order valence-electron chi connectivity index (χ1n) is 8.84. The van der Waals surface area contributed by atoms with Gasteiger partial charge in [0.25, 0.3) is 0 Å². The summed E-state index contributed by atoms with van der Waals surface area (Å²) < 4.78 is 0. The van der Waals surface area contributed by atoms with Gasteiger partial charge in [-0.05, 0) is 31.6 Å². The third kappa shape index (κ3) is 7.97. The predicted octanol–water partition coefficient (Wildman–Crippen LogP) is 6.53. The van der Waals surface area contributed by atoms with Crippen molar-refractivity contribution in [3.63, 3.8) is 0 Å². The minimum atomic E-state index is -0.634. The molecule has 0 aliphatic rings. The Morgan fingerprint density at radius 1 is 0.684 bits per heavy atom. The Bertz CT molecular complexity index is 182. The lowest BCUT2D eigenvalue weighted by molar-refractivity contribution is -0.0977. The standard InChI is InChI=1S/C18H37O/c1-5-9-11-12-14-17(13-10-6-2)18(19,15-7-3)16-8-4/h17H,5-16H2,1-4H3. The first-order valence-corrected chi connectivity index (χ1v) is 8.84. The van der Waals surface area contributed by atoms with E-state index in [1.54, 1.807) is 0 Å². The number of hydrogen-bond acceptors (Lipinski definition) is 0.